The molecule has 15 heavy (non-hydrogen) atoms. The van der Waals surface area contributed by atoms with Crippen LogP contribution in [0.5, 0.6) is 0 Å². The van der Waals surface area contributed by atoms with Crippen molar-refractivity contribution in [1.29, 1.82) is 0 Å². The lowest BCUT2D eigenvalue weighted by molar-refractivity contribution is 0.0312. The van der Waals surface area contributed by atoms with Gasteiger partial charge in [-0.1, -0.05) is 36.4 Å². The van der Waals surface area contributed by atoms with Crippen molar-refractivity contribution in [2.75, 3.05) is 7.05 Å². The van der Waals surface area contributed by atoms with Crippen molar-refractivity contribution in [3.05, 3.63) is 48.0 Å². The zero-order valence-corrected chi connectivity index (χ0v) is 8.36. The molecule has 0 amide bonds. The number of rotatable bonds is 2. The summed E-state index contributed by atoms with van der Waals surface area (Å²) in [5, 5.41) is 1.93. The summed E-state index contributed by atoms with van der Waals surface area (Å²) < 4.78 is 0. The Kier molecular flexibility index (Phi) is 2.65. The van der Waals surface area contributed by atoms with Crippen LogP contribution in [0.25, 0.3) is 10.8 Å². The van der Waals surface area contributed by atoms with Crippen LogP contribution in [-0.2, 0) is 4.84 Å². The van der Waals surface area contributed by atoms with Gasteiger partial charge in [-0.3, -0.25) is 0 Å². The minimum atomic E-state index is -0.366. The van der Waals surface area contributed by atoms with Crippen LogP contribution in [0.1, 0.15) is 10.4 Å². The zero-order valence-electron chi connectivity index (χ0n) is 8.36. The zero-order chi connectivity index (χ0) is 10.7. The van der Waals surface area contributed by atoms with Crippen molar-refractivity contribution in [2.45, 2.75) is 0 Å². The van der Waals surface area contributed by atoms with Crippen molar-refractivity contribution in [2.24, 2.45) is 0 Å². The van der Waals surface area contributed by atoms with E-state index >= 15 is 0 Å². The second kappa shape index (κ2) is 4.11. The van der Waals surface area contributed by atoms with Gasteiger partial charge in [-0.25, -0.2) is 4.79 Å². The molecule has 0 aliphatic rings. The van der Waals surface area contributed by atoms with E-state index in [1.165, 1.54) is 0 Å². The maximum atomic E-state index is 11.6. The fourth-order valence-electron chi connectivity index (χ4n) is 1.55. The third kappa shape index (κ3) is 1.82. The van der Waals surface area contributed by atoms with Crippen LogP contribution in [0.4, 0.5) is 0 Å². The largest absolute Gasteiger partial charge is 0.367 e. The normalized spacial score (nSPS) is 10.2. The number of carbonyl (C=O) groups excluding carboxylic acids is 1. The number of hydrogen-bond acceptors (Lipinski definition) is 3. The van der Waals surface area contributed by atoms with Crippen molar-refractivity contribution in [3.63, 3.8) is 0 Å². The van der Waals surface area contributed by atoms with E-state index in [2.05, 4.69) is 5.48 Å². The average molecular weight is 201 g/mol. The topological polar surface area (TPSA) is 38.3 Å². The van der Waals surface area contributed by atoms with Gasteiger partial charge in [0.15, 0.2) is 0 Å². The van der Waals surface area contributed by atoms with E-state index in [4.69, 9.17) is 4.84 Å². The third-order valence-corrected chi connectivity index (χ3v) is 2.20. The van der Waals surface area contributed by atoms with E-state index in [0.29, 0.717) is 5.56 Å². The SMILES string of the molecule is CNOC(=O)c1cccc2ccccc12. The Morgan fingerprint density at radius 2 is 1.87 bits per heavy atom. The second-order valence-electron chi connectivity index (χ2n) is 3.12. The number of benzene rings is 2. The van der Waals surface area contributed by atoms with Crippen LogP contribution >= 0.6 is 0 Å². The number of hydrogen-bond donors (Lipinski definition) is 1. The summed E-state index contributed by atoms with van der Waals surface area (Å²) in [5.41, 5.74) is 2.95. The summed E-state index contributed by atoms with van der Waals surface area (Å²) in [7, 11) is 1.56. The van der Waals surface area contributed by atoms with E-state index in [1.54, 1.807) is 13.1 Å². The molecule has 2 aromatic rings. The Bertz CT molecular complexity index is 488. The molecule has 0 unspecified atom stereocenters. The van der Waals surface area contributed by atoms with Crippen LogP contribution in [0.3, 0.4) is 0 Å². The standard InChI is InChI=1S/C12H11NO2/c1-13-15-12(14)11-8-4-6-9-5-2-3-7-10(9)11/h2-8,13H,1H3. The number of fused-ring (bicyclic) bond motifs is 1. The van der Waals surface area contributed by atoms with Gasteiger partial charge in [-0.2, -0.15) is 5.48 Å². The van der Waals surface area contributed by atoms with Crippen molar-refractivity contribution in [3.8, 4) is 0 Å². The summed E-state index contributed by atoms with van der Waals surface area (Å²) in [5.74, 6) is -0.366. The van der Waals surface area contributed by atoms with Gasteiger partial charge in [-0.05, 0) is 16.8 Å². The molecule has 0 spiro atoms. The first-order chi connectivity index (χ1) is 7.33. The first-order valence-electron chi connectivity index (χ1n) is 4.68. The fraction of sp³-hybridized carbons (Fsp3) is 0.0833. The summed E-state index contributed by atoms with van der Waals surface area (Å²) >= 11 is 0. The van der Waals surface area contributed by atoms with Crippen molar-refractivity contribution >= 4 is 16.7 Å². The molecule has 0 bridgehead atoms. The van der Waals surface area contributed by atoms with Gasteiger partial charge in [0.2, 0.25) is 0 Å². The van der Waals surface area contributed by atoms with Gasteiger partial charge in [0.25, 0.3) is 0 Å². The molecule has 2 aromatic carbocycles. The number of nitrogens with one attached hydrogen (secondary N) is 1. The van der Waals surface area contributed by atoms with Gasteiger partial charge >= 0.3 is 5.97 Å². The predicted molar refractivity (Wildman–Crippen MR) is 58.4 cm³/mol. The van der Waals surface area contributed by atoms with E-state index < -0.39 is 0 Å². The molecule has 0 heterocycles. The molecular formula is C12H11NO2. The summed E-state index contributed by atoms with van der Waals surface area (Å²) in [6.07, 6.45) is 0. The molecule has 0 atom stereocenters. The number of carbonyl (C=O) groups is 1. The molecule has 3 heteroatoms. The van der Waals surface area contributed by atoms with E-state index in [0.717, 1.165) is 10.8 Å². The molecule has 0 radical (unpaired) electrons. The van der Waals surface area contributed by atoms with E-state index in [1.807, 2.05) is 36.4 Å². The Morgan fingerprint density at radius 1 is 1.13 bits per heavy atom. The molecule has 2 rings (SSSR count). The third-order valence-electron chi connectivity index (χ3n) is 2.20. The van der Waals surface area contributed by atoms with Gasteiger partial charge in [0.05, 0.1) is 5.56 Å². The smallest absolute Gasteiger partial charge is 0.357 e. The molecule has 0 saturated heterocycles. The highest BCUT2D eigenvalue weighted by molar-refractivity contribution is 6.04. The predicted octanol–water partition coefficient (Wildman–Crippen LogP) is 2.13. The summed E-state index contributed by atoms with van der Waals surface area (Å²) in [6.45, 7) is 0. The fourth-order valence-corrected chi connectivity index (χ4v) is 1.55. The molecule has 0 fully saturated rings. The lowest BCUT2D eigenvalue weighted by Crippen LogP contribution is -2.15. The molecular weight excluding hydrogens is 190 g/mol. The van der Waals surface area contributed by atoms with Crippen LogP contribution in [0.15, 0.2) is 42.5 Å². The molecule has 0 aliphatic carbocycles. The maximum absolute atomic E-state index is 11.6. The molecule has 1 N–H and O–H groups in total. The van der Waals surface area contributed by atoms with Crippen LogP contribution in [0, 0.1) is 0 Å². The molecule has 76 valence electrons. The minimum absolute atomic E-state index is 0.366. The number of hydroxylamine groups is 1. The van der Waals surface area contributed by atoms with Gasteiger partial charge in [0.1, 0.15) is 0 Å². The Morgan fingerprint density at radius 3 is 2.67 bits per heavy atom. The van der Waals surface area contributed by atoms with Gasteiger partial charge in [0, 0.05) is 7.05 Å². The van der Waals surface area contributed by atoms with Crippen LogP contribution in [0.2, 0.25) is 0 Å². The highest BCUT2D eigenvalue weighted by atomic mass is 16.7. The molecule has 0 saturated carbocycles. The van der Waals surface area contributed by atoms with Crippen LogP contribution < -0.4 is 5.48 Å². The lowest BCUT2D eigenvalue weighted by atomic mass is 10.1. The van der Waals surface area contributed by atoms with Gasteiger partial charge < -0.3 is 4.84 Å². The summed E-state index contributed by atoms with van der Waals surface area (Å²) in [6, 6.07) is 13.3. The minimum Gasteiger partial charge on any atom is -0.367 e. The van der Waals surface area contributed by atoms with Crippen LogP contribution in [-0.4, -0.2) is 13.0 Å². The molecule has 3 nitrogen and oxygen atoms in total. The first-order valence-corrected chi connectivity index (χ1v) is 4.68. The highest BCUT2D eigenvalue weighted by Gasteiger charge is 2.09. The molecule has 0 aromatic heterocycles. The Balaban J connectivity index is 2.56. The lowest BCUT2D eigenvalue weighted by Gasteiger charge is -2.05. The maximum Gasteiger partial charge on any atom is 0.357 e. The Labute approximate surface area is 87.6 Å². The quantitative estimate of drug-likeness (QED) is 0.756. The summed E-state index contributed by atoms with van der Waals surface area (Å²) in [4.78, 5) is 16.3. The second-order valence-corrected chi connectivity index (χ2v) is 3.12. The van der Waals surface area contributed by atoms with Gasteiger partial charge in [-0.15, -0.1) is 0 Å². The highest BCUT2D eigenvalue weighted by Crippen LogP contribution is 2.18. The van der Waals surface area contributed by atoms with Crippen molar-refractivity contribution < 1.29 is 9.63 Å². The van der Waals surface area contributed by atoms with Crippen molar-refractivity contribution in [1.82, 2.24) is 5.48 Å². The first kappa shape index (κ1) is 9.68. The monoisotopic (exact) mass is 201 g/mol. The molecule has 0 aliphatic heterocycles. The van der Waals surface area contributed by atoms with E-state index in [9.17, 15) is 4.79 Å². The van der Waals surface area contributed by atoms with E-state index in [-0.39, 0.29) is 5.97 Å². The average Bonchev–Trinajstić information content (AvgIpc) is 2.28. The Hall–Kier alpha value is -1.87.